The molecule has 3 aromatic carbocycles. The van der Waals surface area contributed by atoms with Crippen LogP contribution in [0, 0.1) is 5.92 Å². The van der Waals surface area contributed by atoms with Crippen molar-refractivity contribution in [3.05, 3.63) is 131 Å². The number of benzene rings is 3. The Hall–Kier alpha value is -4.77. The summed E-state index contributed by atoms with van der Waals surface area (Å²) >= 11 is 0. The van der Waals surface area contributed by atoms with Crippen LogP contribution in [0.4, 0.5) is 5.69 Å². The molecular formula is C51H65N3O2. The Labute approximate surface area is 337 Å². The molecule has 0 bridgehead atoms. The third-order valence-corrected chi connectivity index (χ3v) is 11.8. The van der Waals surface area contributed by atoms with Crippen LogP contribution in [0.1, 0.15) is 125 Å². The van der Waals surface area contributed by atoms with Crippen LogP contribution in [0.5, 0.6) is 11.5 Å². The molecule has 1 aliphatic heterocycles. The topological polar surface area (TPSA) is 46.6 Å². The zero-order chi connectivity index (χ0) is 39.4. The second-order valence-electron chi connectivity index (χ2n) is 15.7. The monoisotopic (exact) mass is 752 g/mol. The molecule has 5 nitrogen and oxygen atoms in total. The summed E-state index contributed by atoms with van der Waals surface area (Å²) in [6.45, 7) is 14.5. The molecule has 1 aromatic heterocycles. The molecular weight excluding hydrogens is 687 g/mol. The van der Waals surface area contributed by atoms with Gasteiger partial charge in [0.2, 0.25) is 0 Å². The predicted molar refractivity (Wildman–Crippen MR) is 238 cm³/mol. The number of hydrogen-bond acceptors (Lipinski definition) is 5. The fraction of sp³-hybridized carbons (Fsp3) is 0.431. The molecule has 0 radical (unpaired) electrons. The van der Waals surface area contributed by atoms with Crippen LogP contribution in [0.25, 0.3) is 22.9 Å². The summed E-state index contributed by atoms with van der Waals surface area (Å²) < 4.78 is 11.6. The second-order valence-corrected chi connectivity index (χ2v) is 15.7. The largest absolute Gasteiger partial charge is 0.493 e. The minimum Gasteiger partial charge on any atom is -0.493 e. The van der Waals surface area contributed by atoms with Gasteiger partial charge in [0.1, 0.15) is 0 Å². The lowest BCUT2D eigenvalue weighted by molar-refractivity contribution is 0.311. The molecule has 1 N–H and O–H groups in total. The highest BCUT2D eigenvalue weighted by Gasteiger charge is 2.30. The van der Waals surface area contributed by atoms with Crippen LogP contribution in [-0.2, 0) is 19.4 Å². The zero-order valence-electron chi connectivity index (χ0n) is 35.0. The Bertz CT molecular complexity index is 1970. The van der Waals surface area contributed by atoms with E-state index in [1.165, 1.54) is 88.7 Å². The molecule has 0 unspecified atom stereocenters. The number of dihydropyridines is 1. The van der Waals surface area contributed by atoms with E-state index < -0.39 is 0 Å². The van der Waals surface area contributed by atoms with Crippen molar-refractivity contribution >= 4 is 17.3 Å². The first-order chi connectivity index (χ1) is 27.5. The first-order valence-corrected chi connectivity index (χ1v) is 21.5. The fourth-order valence-electron chi connectivity index (χ4n) is 8.90. The van der Waals surface area contributed by atoms with Crippen molar-refractivity contribution in [1.29, 1.82) is 0 Å². The van der Waals surface area contributed by atoms with Gasteiger partial charge >= 0.3 is 0 Å². The second kappa shape index (κ2) is 19.9. The Kier molecular flexibility index (Phi) is 14.5. The van der Waals surface area contributed by atoms with E-state index in [-0.39, 0.29) is 0 Å². The minimum atomic E-state index is 0.493. The zero-order valence-corrected chi connectivity index (χ0v) is 35.0. The molecule has 2 aliphatic carbocycles. The number of methoxy groups -OCH3 is 2. The van der Waals surface area contributed by atoms with Gasteiger partial charge in [-0.05, 0) is 145 Å². The average Bonchev–Trinajstić information content (AvgIpc) is 4.10. The molecule has 0 saturated heterocycles. The summed E-state index contributed by atoms with van der Waals surface area (Å²) in [5, 5.41) is 3.63. The van der Waals surface area contributed by atoms with Crippen molar-refractivity contribution in [3.63, 3.8) is 0 Å². The SMILES string of the molecule is C=Cc1cc(C2=CNCC(CC3CCC(N(Cc4ccnc(-c5cc(OC)c(OC)c(C6CC6)c5)c4)c4ccccc4)CC3)=C2)cc(CCC)c1CCC.CC. The van der Waals surface area contributed by atoms with E-state index in [0.29, 0.717) is 17.9 Å². The maximum atomic E-state index is 5.79. The number of anilines is 1. The summed E-state index contributed by atoms with van der Waals surface area (Å²) in [7, 11) is 3.46. The number of aryl methyl sites for hydroxylation is 1. The van der Waals surface area contributed by atoms with Crippen molar-refractivity contribution in [2.75, 3.05) is 25.7 Å². The highest BCUT2D eigenvalue weighted by Crippen LogP contribution is 2.49. The van der Waals surface area contributed by atoms with Gasteiger partial charge < -0.3 is 19.7 Å². The van der Waals surface area contributed by atoms with Crippen molar-refractivity contribution in [3.8, 4) is 22.8 Å². The van der Waals surface area contributed by atoms with E-state index in [9.17, 15) is 0 Å². The maximum absolute atomic E-state index is 5.79. The molecule has 2 fully saturated rings. The van der Waals surface area contributed by atoms with Crippen molar-refractivity contribution in [2.24, 2.45) is 5.92 Å². The van der Waals surface area contributed by atoms with E-state index in [0.717, 1.165) is 68.0 Å². The molecule has 0 atom stereocenters. The summed E-state index contributed by atoms with van der Waals surface area (Å²) in [5.41, 5.74) is 14.3. The number of nitrogens with zero attached hydrogens (tertiary/aromatic N) is 2. The van der Waals surface area contributed by atoms with Gasteiger partial charge in [0.05, 0.1) is 19.9 Å². The maximum Gasteiger partial charge on any atom is 0.164 e. The van der Waals surface area contributed by atoms with Crippen LogP contribution in [0.2, 0.25) is 0 Å². The van der Waals surface area contributed by atoms with Crippen LogP contribution < -0.4 is 19.7 Å². The van der Waals surface area contributed by atoms with Gasteiger partial charge in [-0.1, -0.05) is 89.1 Å². The molecule has 0 spiro atoms. The van der Waals surface area contributed by atoms with Gasteiger partial charge in [-0.15, -0.1) is 0 Å². The highest BCUT2D eigenvalue weighted by atomic mass is 16.5. The molecule has 296 valence electrons. The lowest BCUT2D eigenvalue weighted by Crippen LogP contribution is -2.38. The molecule has 4 aromatic rings. The number of rotatable bonds is 16. The average molecular weight is 752 g/mol. The van der Waals surface area contributed by atoms with Crippen LogP contribution in [0.3, 0.4) is 0 Å². The van der Waals surface area contributed by atoms with Crippen LogP contribution in [-0.4, -0.2) is 31.8 Å². The highest BCUT2D eigenvalue weighted by molar-refractivity contribution is 5.78. The van der Waals surface area contributed by atoms with E-state index in [1.54, 1.807) is 14.2 Å². The quantitative estimate of drug-likeness (QED) is 0.124. The molecule has 7 rings (SSSR count). The van der Waals surface area contributed by atoms with Gasteiger partial charge in [-0.3, -0.25) is 4.98 Å². The molecule has 5 heteroatoms. The van der Waals surface area contributed by atoms with Crippen molar-refractivity contribution in [2.45, 2.75) is 117 Å². The number of allylic oxidation sites excluding steroid dienone is 2. The number of aromatic nitrogens is 1. The number of hydrogen-bond donors (Lipinski definition) is 1. The Balaban J connectivity index is 0.00000262. The third kappa shape index (κ3) is 9.78. The van der Waals surface area contributed by atoms with E-state index in [2.05, 4.69) is 116 Å². The molecule has 2 heterocycles. The summed E-state index contributed by atoms with van der Waals surface area (Å²) in [4.78, 5) is 7.49. The van der Waals surface area contributed by atoms with Gasteiger partial charge in [0.25, 0.3) is 0 Å². The molecule has 2 saturated carbocycles. The number of pyridine rings is 1. The van der Waals surface area contributed by atoms with Crippen molar-refractivity contribution < 1.29 is 9.47 Å². The molecule has 3 aliphatic rings. The summed E-state index contributed by atoms with van der Waals surface area (Å²) in [6, 6.07) is 25.1. The smallest absolute Gasteiger partial charge is 0.164 e. The summed E-state index contributed by atoms with van der Waals surface area (Å²) in [5.74, 6) is 2.88. The summed E-state index contributed by atoms with van der Waals surface area (Å²) in [6.07, 6.45) is 21.7. The van der Waals surface area contributed by atoms with Crippen molar-refractivity contribution in [1.82, 2.24) is 10.3 Å². The van der Waals surface area contributed by atoms with Crippen LogP contribution in [0.15, 0.2) is 97.4 Å². The Morgan fingerprint density at radius 1 is 0.857 bits per heavy atom. The predicted octanol–water partition coefficient (Wildman–Crippen LogP) is 12.7. The lowest BCUT2D eigenvalue weighted by atomic mass is 9.80. The van der Waals surface area contributed by atoms with Gasteiger partial charge in [-0.25, -0.2) is 0 Å². The molecule has 56 heavy (non-hydrogen) atoms. The first-order valence-electron chi connectivity index (χ1n) is 21.5. The van der Waals surface area contributed by atoms with Crippen LogP contribution >= 0.6 is 0 Å². The van der Waals surface area contributed by atoms with Gasteiger partial charge in [-0.2, -0.15) is 0 Å². The third-order valence-electron chi connectivity index (χ3n) is 11.8. The number of nitrogens with one attached hydrogen (secondary N) is 1. The van der Waals surface area contributed by atoms with E-state index in [4.69, 9.17) is 14.5 Å². The molecule has 0 amide bonds. The van der Waals surface area contributed by atoms with E-state index in [1.807, 2.05) is 20.0 Å². The Morgan fingerprint density at radius 2 is 1.62 bits per heavy atom. The van der Waals surface area contributed by atoms with E-state index >= 15 is 0 Å². The fourth-order valence-corrected chi connectivity index (χ4v) is 8.90. The lowest BCUT2D eigenvalue weighted by Gasteiger charge is -2.39. The van der Waals surface area contributed by atoms with Gasteiger partial charge in [0, 0.05) is 48.3 Å². The Morgan fingerprint density at radius 3 is 2.30 bits per heavy atom. The number of para-hydroxylation sites is 1. The van der Waals surface area contributed by atoms with Gasteiger partial charge in [0.15, 0.2) is 11.5 Å². The minimum absolute atomic E-state index is 0.493. The first kappa shape index (κ1) is 40.9. The normalized spacial score (nSPS) is 17.8. The standard InChI is InChI=1S/C49H59N3O2.C2H6/c1-6-12-39-28-40(27-37(8-3)45(39)13-7-2)42-25-36(31-50-32-42)24-34-16-20-44(21-17-34)52(43-14-10-9-11-15-43)33-35-22-23-51-47(26-35)41-29-46(38-18-19-38)49(54-5)48(30-41)53-4;1-2/h8-11,14-15,22-23,25-30,32,34,38,44,50H,3,6-7,12-13,16-21,24,31,33H2,1-2,4-5H3;1-2H3. The number of ether oxygens (including phenoxy) is 2.